The van der Waals surface area contributed by atoms with Crippen LogP contribution in [-0.4, -0.2) is 57.0 Å². The molecule has 0 saturated carbocycles. The van der Waals surface area contributed by atoms with Crippen molar-refractivity contribution in [3.8, 4) is 0 Å². The Morgan fingerprint density at radius 1 is 1.12 bits per heavy atom. The Hall–Kier alpha value is -2.96. The number of benzene rings is 2. The van der Waals surface area contributed by atoms with E-state index in [2.05, 4.69) is 15.4 Å². The molecule has 2 N–H and O–H groups in total. The predicted molar refractivity (Wildman–Crippen MR) is 112 cm³/mol. The van der Waals surface area contributed by atoms with Crippen molar-refractivity contribution in [3.05, 3.63) is 65.2 Å². The van der Waals surface area contributed by atoms with Crippen LogP contribution in [0.5, 0.6) is 0 Å². The summed E-state index contributed by atoms with van der Waals surface area (Å²) >= 11 is 0. The predicted octanol–water partition coefficient (Wildman–Crippen LogP) is 1.82. The van der Waals surface area contributed by atoms with Gasteiger partial charge in [0.1, 0.15) is 6.61 Å². The second kappa shape index (κ2) is 10.3. The van der Waals surface area contributed by atoms with Gasteiger partial charge in [0.2, 0.25) is 15.9 Å². The molecule has 2 aromatic rings. The minimum atomic E-state index is -4.39. The van der Waals surface area contributed by atoms with Gasteiger partial charge in [-0.1, -0.05) is 30.3 Å². The zero-order valence-electron chi connectivity index (χ0n) is 17.4. The number of hydrogen-bond acceptors (Lipinski definition) is 5. The summed E-state index contributed by atoms with van der Waals surface area (Å²) in [6, 6.07) is 12.0. The quantitative estimate of drug-likeness (QED) is 0.594. The second-order valence-electron chi connectivity index (χ2n) is 7.32. The lowest BCUT2D eigenvalue weighted by Crippen LogP contribution is -2.49. The molecule has 2 aromatic carbocycles. The number of carbonyl (C=O) groups excluding carboxylic acids is 2. The Balaban J connectivity index is 1.58. The summed E-state index contributed by atoms with van der Waals surface area (Å²) in [6.07, 6.45) is -4.39. The van der Waals surface area contributed by atoms with Crippen LogP contribution in [-0.2, 0) is 32.7 Å². The van der Waals surface area contributed by atoms with Crippen LogP contribution in [0.15, 0.2) is 53.4 Å². The summed E-state index contributed by atoms with van der Waals surface area (Å²) in [4.78, 5) is 24.0. The lowest BCUT2D eigenvalue weighted by Gasteiger charge is -2.26. The van der Waals surface area contributed by atoms with Crippen molar-refractivity contribution in [1.29, 1.82) is 0 Å². The lowest BCUT2D eigenvalue weighted by atomic mass is 10.1. The molecule has 12 heteroatoms. The summed E-state index contributed by atoms with van der Waals surface area (Å²) in [5.74, 6) is -0.891. The number of alkyl halides is 3. The van der Waals surface area contributed by atoms with Crippen molar-refractivity contribution < 1.29 is 35.9 Å². The number of nitrogens with one attached hydrogen (secondary N) is 2. The van der Waals surface area contributed by atoms with Crippen LogP contribution in [0, 0.1) is 0 Å². The monoisotopic (exact) mass is 485 g/mol. The van der Waals surface area contributed by atoms with Crippen molar-refractivity contribution in [3.63, 3.8) is 0 Å². The average Bonchev–Trinajstić information content (AvgIpc) is 2.77. The molecule has 8 nitrogen and oxygen atoms in total. The highest BCUT2D eigenvalue weighted by atomic mass is 32.2. The SMILES string of the molecule is O=C1CN(S(=O)(=O)c2cccc(C(=O)NCc3ccc(COCC(F)(F)F)cc3)c2)CCN1. The maximum atomic E-state index is 12.8. The van der Waals surface area contributed by atoms with Gasteiger partial charge < -0.3 is 15.4 Å². The first-order valence-corrected chi connectivity index (χ1v) is 11.4. The molecule has 3 rings (SSSR count). The van der Waals surface area contributed by atoms with Crippen molar-refractivity contribution in [2.45, 2.75) is 24.2 Å². The van der Waals surface area contributed by atoms with Crippen molar-refractivity contribution in [1.82, 2.24) is 14.9 Å². The molecular weight excluding hydrogens is 463 g/mol. The van der Waals surface area contributed by atoms with Gasteiger partial charge in [0.15, 0.2) is 0 Å². The van der Waals surface area contributed by atoms with Crippen LogP contribution in [0.4, 0.5) is 13.2 Å². The third-order valence-corrected chi connectivity index (χ3v) is 6.59. The number of amides is 2. The number of piperazine rings is 1. The number of rotatable bonds is 8. The summed E-state index contributed by atoms with van der Waals surface area (Å²) in [6.45, 7) is -1.31. The fraction of sp³-hybridized carbons (Fsp3) is 0.333. The Kier molecular flexibility index (Phi) is 7.72. The number of carbonyl (C=O) groups is 2. The van der Waals surface area contributed by atoms with Gasteiger partial charge in [-0.2, -0.15) is 17.5 Å². The minimum Gasteiger partial charge on any atom is -0.367 e. The number of halogens is 3. The molecule has 33 heavy (non-hydrogen) atoms. The molecule has 178 valence electrons. The third-order valence-electron chi connectivity index (χ3n) is 4.75. The van der Waals surface area contributed by atoms with Crippen molar-refractivity contribution >= 4 is 21.8 Å². The number of sulfonamides is 1. The fourth-order valence-corrected chi connectivity index (χ4v) is 4.53. The first-order valence-electron chi connectivity index (χ1n) is 9.92. The van der Waals surface area contributed by atoms with Gasteiger partial charge in [-0.15, -0.1) is 0 Å². The average molecular weight is 485 g/mol. The van der Waals surface area contributed by atoms with E-state index in [1.807, 2.05) is 0 Å². The van der Waals surface area contributed by atoms with E-state index in [4.69, 9.17) is 0 Å². The zero-order chi connectivity index (χ0) is 24.1. The molecule has 1 aliphatic heterocycles. The number of ether oxygens (including phenoxy) is 1. The number of nitrogens with zero attached hydrogens (tertiary/aromatic N) is 1. The molecule has 0 bridgehead atoms. The molecular formula is C21H22F3N3O5S. The summed E-state index contributed by atoms with van der Waals surface area (Å²) in [7, 11) is -3.93. The molecule has 0 spiro atoms. The molecule has 0 unspecified atom stereocenters. The fourth-order valence-electron chi connectivity index (χ4n) is 3.09. The Morgan fingerprint density at radius 3 is 2.48 bits per heavy atom. The van der Waals surface area contributed by atoms with Crippen LogP contribution in [0.3, 0.4) is 0 Å². The van der Waals surface area contributed by atoms with E-state index in [0.29, 0.717) is 11.1 Å². The van der Waals surface area contributed by atoms with Crippen LogP contribution < -0.4 is 10.6 Å². The van der Waals surface area contributed by atoms with E-state index in [9.17, 15) is 31.2 Å². The molecule has 0 aromatic heterocycles. The summed E-state index contributed by atoms with van der Waals surface area (Å²) in [5, 5.41) is 5.23. The third kappa shape index (κ3) is 7.01. The van der Waals surface area contributed by atoms with E-state index < -0.39 is 34.6 Å². The van der Waals surface area contributed by atoms with Gasteiger partial charge in [0.25, 0.3) is 5.91 Å². The standard InChI is InChI=1S/C21H22F3N3O5S/c22-21(23,24)14-32-13-16-6-4-15(5-7-16)11-26-20(29)17-2-1-3-18(10-17)33(30,31)27-9-8-25-19(28)12-27/h1-7,10H,8-9,11-14H2,(H,25,28)(H,26,29). The van der Waals surface area contributed by atoms with E-state index >= 15 is 0 Å². The molecule has 0 aliphatic carbocycles. The lowest BCUT2D eigenvalue weighted by molar-refractivity contribution is -0.176. The molecule has 0 atom stereocenters. The van der Waals surface area contributed by atoms with Crippen LogP contribution in [0.1, 0.15) is 21.5 Å². The Bertz CT molecular complexity index is 1100. The molecule has 1 aliphatic rings. The molecule has 1 fully saturated rings. The van der Waals surface area contributed by atoms with Crippen molar-refractivity contribution in [2.24, 2.45) is 0 Å². The van der Waals surface area contributed by atoms with Crippen molar-refractivity contribution in [2.75, 3.05) is 26.2 Å². The van der Waals surface area contributed by atoms with Crippen LogP contribution in [0.25, 0.3) is 0 Å². The first-order chi connectivity index (χ1) is 15.5. The zero-order valence-corrected chi connectivity index (χ0v) is 18.2. The Morgan fingerprint density at radius 2 is 1.82 bits per heavy atom. The molecule has 2 amide bonds. The maximum Gasteiger partial charge on any atom is 0.411 e. The number of hydrogen-bond donors (Lipinski definition) is 2. The second-order valence-corrected chi connectivity index (χ2v) is 9.26. The van der Waals surface area contributed by atoms with Gasteiger partial charge in [-0.25, -0.2) is 8.42 Å². The van der Waals surface area contributed by atoms with Gasteiger partial charge >= 0.3 is 6.18 Å². The van der Waals surface area contributed by atoms with E-state index in [-0.39, 0.29) is 43.2 Å². The highest BCUT2D eigenvalue weighted by molar-refractivity contribution is 7.89. The van der Waals surface area contributed by atoms with E-state index in [1.165, 1.54) is 24.3 Å². The topological polar surface area (TPSA) is 105 Å². The van der Waals surface area contributed by atoms with Gasteiger partial charge in [0, 0.05) is 25.2 Å². The summed E-state index contributed by atoms with van der Waals surface area (Å²) in [5.41, 5.74) is 1.39. The van der Waals surface area contributed by atoms with Crippen LogP contribution in [0.2, 0.25) is 0 Å². The molecule has 1 saturated heterocycles. The Labute approximate surface area is 188 Å². The normalized spacial score (nSPS) is 15.2. The van der Waals surface area contributed by atoms with Crippen LogP contribution >= 0.6 is 0 Å². The largest absolute Gasteiger partial charge is 0.411 e. The van der Waals surface area contributed by atoms with Gasteiger partial charge in [-0.3, -0.25) is 9.59 Å². The maximum absolute atomic E-state index is 12.8. The smallest absolute Gasteiger partial charge is 0.367 e. The minimum absolute atomic E-state index is 0.0898. The molecule has 0 radical (unpaired) electrons. The summed E-state index contributed by atoms with van der Waals surface area (Å²) < 4.78 is 67.6. The van der Waals surface area contributed by atoms with Gasteiger partial charge in [-0.05, 0) is 29.3 Å². The highest BCUT2D eigenvalue weighted by Gasteiger charge is 2.29. The van der Waals surface area contributed by atoms with E-state index in [0.717, 1.165) is 4.31 Å². The first kappa shape index (κ1) is 24.7. The van der Waals surface area contributed by atoms with Gasteiger partial charge in [0.05, 0.1) is 18.0 Å². The van der Waals surface area contributed by atoms with E-state index in [1.54, 1.807) is 24.3 Å². The highest BCUT2D eigenvalue weighted by Crippen LogP contribution is 2.18. The molecule has 1 heterocycles.